The highest BCUT2D eigenvalue weighted by Gasteiger charge is 2.13. The number of amidine groups is 1. The second-order valence-corrected chi connectivity index (χ2v) is 6.76. The molecular formula is C12H12Br2N2O2S. The number of hydrogen-bond donors (Lipinski definition) is 1. The quantitative estimate of drug-likeness (QED) is 0.837. The molecule has 7 heteroatoms. The molecule has 1 amide bonds. The molecule has 2 rings (SSSR count). The summed E-state index contributed by atoms with van der Waals surface area (Å²) in [6, 6.07) is 3.83. The monoisotopic (exact) mass is 406 g/mol. The van der Waals surface area contributed by atoms with Crippen LogP contribution >= 0.6 is 43.6 Å². The summed E-state index contributed by atoms with van der Waals surface area (Å²) < 4.78 is 7.33. The number of aryl methyl sites for hydroxylation is 1. The van der Waals surface area contributed by atoms with Crippen molar-refractivity contribution in [2.24, 2.45) is 4.99 Å². The van der Waals surface area contributed by atoms with Gasteiger partial charge in [-0.2, -0.15) is 0 Å². The lowest BCUT2D eigenvalue weighted by atomic mass is 10.2. The van der Waals surface area contributed by atoms with Gasteiger partial charge in [-0.05, 0) is 40.5 Å². The number of nitrogens with zero attached hydrogens (tertiary/aromatic N) is 1. The average Bonchev–Trinajstić information content (AvgIpc) is 2.80. The summed E-state index contributed by atoms with van der Waals surface area (Å²) in [6.07, 6.45) is 0. The van der Waals surface area contributed by atoms with Gasteiger partial charge >= 0.3 is 0 Å². The first-order valence-electron chi connectivity index (χ1n) is 5.62. The first-order chi connectivity index (χ1) is 9.06. The molecule has 0 aliphatic carbocycles. The van der Waals surface area contributed by atoms with Gasteiger partial charge in [0, 0.05) is 10.2 Å². The predicted octanol–water partition coefficient (Wildman–Crippen LogP) is 3.12. The number of carbonyl (C=O) groups excluding carboxylic acids is 1. The number of hydrogen-bond acceptors (Lipinski definition) is 4. The number of halogens is 2. The highest BCUT2D eigenvalue weighted by Crippen LogP contribution is 2.32. The van der Waals surface area contributed by atoms with Crippen LogP contribution in [-0.2, 0) is 4.79 Å². The molecule has 0 fully saturated rings. The first kappa shape index (κ1) is 14.9. The molecule has 19 heavy (non-hydrogen) atoms. The average molecular weight is 408 g/mol. The highest BCUT2D eigenvalue weighted by molar-refractivity contribution is 9.11. The SMILES string of the molecule is Cc1cc(Br)cc(Br)c1OCC(=O)NC1=NCCS1. The maximum absolute atomic E-state index is 11.7. The standard InChI is InChI=1S/C12H12Br2N2O2S/c1-7-4-8(13)5-9(14)11(7)18-6-10(17)16-12-15-2-3-19-12/h4-5H,2-3,6H2,1H3,(H,15,16,17). The van der Waals surface area contributed by atoms with E-state index in [9.17, 15) is 4.79 Å². The lowest BCUT2D eigenvalue weighted by Gasteiger charge is -2.11. The van der Waals surface area contributed by atoms with E-state index in [0.717, 1.165) is 26.8 Å². The Bertz CT molecular complexity index is 511. The third-order valence-corrected chi connectivity index (χ3v) is 4.31. The molecule has 0 radical (unpaired) electrons. The molecule has 1 aromatic rings. The van der Waals surface area contributed by atoms with Crippen molar-refractivity contribution in [1.82, 2.24) is 5.32 Å². The summed E-state index contributed by atoms with van der Waals surface area (Å²) >= 11 is 8.37. The molecule has 0 atom stereocenters. The van der Waals surface area contributed by atoms with E-state index in [4.69, 9.17) is 4.74 Å². The van der Waals surface area contributed by atoms with E-state index in [2.05, 4.69) is 42.2 Å². The Morgan fingerprint density at radius 1 is 1.53 bits per heavy atom. The summed E-state index contributed by atoms with van der Waals surface area (Å²) in [4.78, 5) is 15.9. The van der Waals surface area contributed by atoms with Gasteiger partial charge < -0.3 is 10.1 Å². The van der Waals surface area contributed by atoms with Gasteiger partial charge in [0.15, 0.2) is 11.8 Å². The van der Waals surface area contributed by atoms with Crippen LogP contribution in [0.4, 0.5) is 0 Å². The Labute approximate surface area is 132 Å². The van der Waals surface area contributed by atoms with E-state index in [1.807, 2.05) is 19.1 Å². The van der Waals surface area contributed by atoms with Gasteiger partial charge in [0.25, 0.3) is 5.91 Å². The largest absolute Gasteiger partial charge is 0.482 e. The van der Waals surface area contributed by atoms with E-state index in [-0.39, 0.29) is 12.5 Å². The summed E-state index contributed by atoms with van der Waals surface area (Å²) in [5.41, 5.74) is 0.960. The number of carbonyl (C=O) groups is 1. The van der Waals surface area contributed by atoms with Crippen LogP contribution in [0.15, 0.2) is 26.1 Å². The normalized spacial score (nSPS) is 14.2. The van der Waals surface area contributed by atoms with Crippen molar-refractivity contribution in [3.8, 4) is 5.75 Å². The fraction of sp³-hybridized carbons (Fsp3) is 0.333. The second kappa shape index (κ2) is 6.76. The zero-order chi connectivity index (χ0) is 13.8. The number of nitrogens with one attached hydrogen (secondary N) is 1. The van der Waals surface area contributed by atoms with E-state index >= 15 is 0 Å². The molecule has 1 aliphatic rings. The Morgan fingerprint density at radius 2 is 2.32 bits per heavy atom. The van der Waals surface area contributed by atoms with Crippen LogP contribution in [0.5, 0.6) is 5.75 Å². The first-order valence-corrected chi connectivity index (χ1v) is 8.19. The van der Waals surface area contributed by atoms with Crippen molar-refractivity contribution < 1.29 is 9.53 Å². The molecule has 0 spiro atoms. The topological polar surface area (TPSA) is 50.7 Å². The number of thioether (sulfide) groups is 1. The maximum Gasteiger partial charge on any atom is 0.263 e. The summed E-state index contributed by atoms with van der Waals surface area (Å²) in [6.45, 7) is 2.67. The molecule has 0 saturated heterocycles. The molecule has 4 nitrogen and oxygen atoms in total. The molecular weight excluding hydrogens is 396 g/mol. The lowest BCUT2D eigenvalue weighted by Crippen LogP contribution is -2.32. The van der Waals surface area contributed by atoms with Crippen molar-refractivity contribution in [2.45, 2.75) is 6.92 Å². The molecule has 0 aromatic heterocycles. The molecule has 1 heterocycles. The smallest absolute Gasteiger partial charge is 0.263 e. The second-order valence-electron chi connectivity index (χ2n) is 3.91. The fourth-order valence-electron chi connectivity index (χ4n) is 1.58. The minimum Gasteiger partial charge on any atom is -0.482 e. The third kappa shape index (κ3) is 4.22. The number of rotatable bonds is 3. The van der Waals surface area contributed by atoms with Crippen LogP contribution in [0.3, 0.4) is 0 Å². The summed E-state index contributed by atoms with van der Waals surface area (Å²) in [5, 5.41) is 3.40. The fourth-order valence-corrected chi connectivity index (χ4v) is 3.87. The van der Waals surface area contributed by atoms with Crippen LogP contribution < -0.4 is 10.1 Å². The van der Waals surface area contributed by atoms with E-state index in [0.29, 0.717) is 10.9 Å². The van der Waals surface area contributed by atoms with Crippen molar-refractivity contribution in [2.75, 3.05) is 18.9 Å². The van der Waals surface area contributed by atoms with Gasteiger partial charge in [-0.15, -0.1) is 0 Å². The molecule has 1 aromatic carbocycles. The van der Waals surface area contributed by atoms with Crippen molar-refractivity contribution in [1.29, 1.82) is 0 Å². The number of ether oxygens (including phenoxy) is 1. The molecule has 1 N–H and O–H groups in total. The van der Waals surface area contributed by atoms with Crippen LogP contribution in [0, 0.1) is 6.92 Å². The van der Waals surface area contributed by atoms with Crippen molar-refractivity contribution in [3.05, 3.63) is 26.6 Å². The van der Waals surface area contributed by atoms with E-state index in [1.54, 1.807) is 11.8 Å². The molecule has 0 unspecified atom stereocenters. The Morgan fingerprint density at radius 3 is 2.95 bits per heavy atom. The molecule has 0 bridgehead atoms. The zero-order valence-corrected chi connectivity index (χ0v) is 14.2. The van der Waals surface area contributed by atoms with Gasteiger partial charge in [0.1, 0.15) is 5.75 Å². The zero-order valence-electron chi connectivity index (χ0n) is 10.2. The van der Waals surface area contributed by atoms with Crippen LogP contribution in [0.2, 0.25) is 0 Å². The van der Waals surface area contributed by atoms with Gasteiger partial charge in [0.05, 0.1) is 11.0 Å². The highest BCUT2D eigenvalue weighted by atomic mass is 79.9. The third-order valence-electron chi connectivity index (χ3n) is 2.37. The van der Waals surface area contributed by atoms with Gasteiger partial charge in [-0.25, -0.2) is 0 Å². The van der Waals surface area contributed by atoms with Crippen molar-refractivity contribution >= 4 is 54.7 Å². The van der Waals surface area contributed by atoms with Crippen molar-refractivity contribution in [3.63, 3.8) is 0 Å². The maximum atomic E-state index is 11.7. The Kier molecular flexibility index (Phi) is 5.29. The number of benzene rings is 1. The molecule has 0 saturated carbocycles. The number of amides is 1. The van der Waals surface area contributed by atoms with Gasteiger partial charge in [0.2, 0.25) is 0 Å². The van der Waals surface area contributed by atoms with E-state index < -0.39 is 0 Å². The Balaban J connectivity index is 1.93. The lowest BCUT2D eigenvalue weighted by molar-refractivity contribution is -0.121. The van der Waals surface area contributed by atoms with Gasteiger partial charge in [-0.3, -0.25) is 9.79 Å². The minimum absolute atomic E-state index is 0.0271. The summed E-state index contributed by atoms with van der Waals surface area (Å²) in [5.74, 6) is 1.41. The van der Waals surface area contributed by atoms with Crippen LogP contribution in [0.25, 0.3) is 0 Å². The van der Waals surface area contributed by atoms with Crippen LogP contribution in [0.1, 0.15) is 5.56 Å². The number of aliphatic imine (C=N–C) groups is 1. The minimum atomic E-state index is -0.192. The van der Waals surface area contributed by atoms with E-state index in [1.165, 1.54) is 0 Å². The molecule has 1 aliphatic heterocycles. The van der Waals surface area contributed by atoms with Crippen LogP contribution in [-0.4, -0.2) is 30.0 Å². The Hall–Kier alpha value is -0.530. The predicted molar refractivity (Wildman–Crippen MR) is 85.0 cm³/mol. The van der Waals surface area contributed by atoms with Gasteiger partial charge in [-0.1, -0.05) is 27.7 Å². The molecule has 102 valence electrons. The summed E-state index contributed by atoms with van der Waals surface area (Å²) in [7, 11) is 0.